The molecule has 1 aliphatic rings. The maximum absolute atomic E-state index is 12.2. The van der Waals surface area contributed by atoms with Gasteiger partial charge in [-0.3, -0.25) is 9.36 Å². The molecule has 1 amide bonds. The van der Waals surface area contributed by atoms with E-state index in [2.05, 4.69) is 40.0 Å². The van der Waals surface area contributed by atoms with Crippen LogP contribution in [0.15, 0.2) is 22.7 Å². The van der Waals surface area contributed by atoms with Crippen molar-refractivity contribution in [2.75, 3.05) is 5.75 Å². The molecule has 0 spiro atoms. The highest BCUT2D eigenvalue weighted by Gasteiger charge is 2.20. The summed E-state index contributed by atoms with van der Waals surface area (Å²) >= 11 is 3.13. The first-order chi connectivity index (χ1) is 11.6. The molecular formula is C17H24N4OS2. The lowest BCUT2D eigenvalue weighted by Crippen LogP contribution is -2.37. The average Bonchev–Trinajstić information content (AvgIpc) is 3.23. The maximum atomic E-state index is 12.2. The van der Waals surface area contributed by atoms with Crippen molar-refractivity contribution in [1.29, 1.82) is 0 Å². The Kier molecular flexibility index (Phi) is 5.94. The summed E-state index contributed by atoms with van der Waals surface area (Å²) < 4.78 is 2.12. The van der Waals surface area contributed by atoms with Crippen LogP contribution in [0.5, 0.6) is 0 Å². The minimum Gasteiger partial charge on any atom is -0.353 e. The number of carbonyl (C=O) groups excluding carboxylic acids is 1. The van der Waals surface area contributed by atoms with Crippen molar-refractivity contribution in [3.8, 4) is 10.7 Å². The largest absolute Gasteiger partial charge is 0.353 e. The molecular weight excluding hydrogens is 340 g/mol. The van der Waals surface area contributed by atoms with Gasteiger partial charge < -0.3 is 5.32 Å². The Labute approximate surface area is 151 Å². The molecule has 130 valence electrons. The molecule has 5 nitrogen and oxygen atoms in total. The van der Waals surface area contributed by atoms with Crippen LogP contribution < -0.4 is 5.32 Å². The monoisotopic (exact) mass is 364 g/mol. The van der Waals surface area contributed by atoms with Gasteiger partial charge in [-0.2, -0.15) is 0 Å². The van der Waals surface area contributed by atoms with Gasteiger partial charge >= 0.3 is 0 Å². The molecule has 1 fully saturated rings. The molecule has 3 rings (SSSR count). The van der Waals surface area contributed by atoms with E-state index in [0.29, 0.717) is 11.8 Å². The van der Waals surface area contributed by atoms with Gasteiger partial charge in [0.1, 0.15) is 0 Å². The Hall–Kier alpha value is -1.34. The molecule has 2 heterocycles. The minimum absolute atomic E-state index is 0.0999. The van der Waals surface area contributed by atoms with Gasteiger partial charge in [0.05, 0.1) is 10.6 Å². The van der Waals surface area contributed by atoms with Gasteiger partial charge in [0.2, 0.25) is 5.91 Å². The standard InChI is InChI=1S/C17H24N4OS2/c1-12(2)21-16(14-9-6-10-23-14)19-20-17(21)24-11-15(22)18-13-7-4-3-5-8-13/h6,9-10,12-13H,3-5,7-8,11H2,1-2H3,(H,18,22). The first kappa shape index (κ1) is 17.5. The zero-order chi connectivity index (χ0) is 16.9. The van der Waals surface area contributed by atoms with E-state index in [1.54, 1.807) is 11.3 Å². The topological polar surface area (TPSA) is 59.8 Å². The quantitative estimate of drug-likeness (QED) is 0.783. The Bertz CT molecular complexity index is 660. The molecule has 24 heavy (non-hydrogen) atoms. The summed E-state index contributed by atoms with van der Waals surface area (Å²) in [6.07, 6.45) is 5.97. The number of rotatable bonds is 6. The molecule has 0 radical (unpaired) electrons. The van der Waals surface area contributed by atoms with Crippen LogP contribution in [0, 0.1) is 0 Å². The third kappa shape index (κ3) is 4.19. The zero-order valence-corrected chi connectivity index (χ0v) is 15.8. The second-order valence-electron chi connectivity index (χ2n) is 6.44. The van der Waals surface area contributed by atoms with Crippen LogP contribution in [-0.2, 0) is 4.79 Å². The van der Waals surface area contributed by atoms with Gasteiger partial charge in [0.25, 0.3) is 0 Å². The van der Waals surface area contributed by atoms with Crippen molar-refractivity contribution in [3.05, 3.63) is 17.5 Å². The number of amides is 1. The molecule has 0 saturated heterocycles. The second-order valence-corrected chi connectivity index (χ2v) is 8.33. The van der Waals surface area contributed by atoms with Gasteiger partial charge in [-0.1, -0.05) is 37.1 Å². The summed E-state index contributed by atoms with van der Waals surface area (Å²) in [5.41, 5.74) is 0. The van der Waals surface area contributed by atoms with Gasteiger partial charge in [-0.25, -0.2) is 0 Å². The highest BCUT2D eigenvalue weighted by molar-refractivity contribution is 7.99. The highest BCUT2D eigenvalue weighted by atomic mass is 32.2. The van der Waals surface area contributed by atoms with Gasteiger partial charge in [-0.15, -0.1) is 21.5 Å². The van der Waals surface area contributed by atoms with E-state index in [0.717, 1.165) is 28.7 Å². The molecule has 0 aromatic carbocycles. The third-order valence-electron chi connectivity index (χ3n) is 4.23. The molecule has 1 aliphatic carbocycles. The lowest BCUT2D eigenvalue weighted by atomic mass is 9.95. The summed E-state index contributed by atoms with van der Waals surface area (Å²) in [6, 6.07) is 4.68. The van der Waals surface area contributed by atoms with Crippen molar-refractivity contribution < 1.29 is 4.79 Å². The van der Waals surface area contributed by atoms with Crippen LogP contribution in [0.25, 0.3) is 10.7 Å². The van der Waals surface area contributed by atoms with Crippen LogP contribution in [0.2, 0.25) is 0 Å². The molecule has 1 saturated carbocycles. The van der Waals surface area contributed by atoms with Crippen molar-refractivity contribution in [3.63, 3.8) is 0 Å². The number of thioether (sulfide) groups is 1. The number of thiophene rings is 1. The van der Waals surface area contributed by atoms with E-state index in [1.165, 1.54) is 31.0 Å². The first-order valence-electron chi connectivity index (χ1n) is 8.56. The van der Waals surface area contributed by atoms with Crippen LogP contribution in [0.4, 0.5) is 0 Å². The molecule has 0 bridgehead atoms. The molecule has 2 aromatic rings. The van der Waals surface area contributed by atoms with E-state index in [4.69, 9.17) is 0 Å². The fourth-order valence-corrected chi connectivity index (χ4v) is 4.65. The summed E-state index contributed by atoms with van der Waals surface area (Å²) in [4.78, 5) is 13.3. The van der Waals surface area contributed by atoms with Crippen LogP contribution in [0.3, 0.4) is 0 Å². The maximum Gasteiger partial charge on any atom is 0.230 e. The summed E-state index contributed by atoms with van der Waals surface area (Å²) in [7, 11) is 0. The van der Waals surface area contributed by atoms with Crippen LogP contribution in [-0.4, -0.2) is 32.5 Å². The van der Waals surface area contributed by atoms with E-state index in [1.807, 2.05) is 11.4 Å². The number of nitrogens with zero attached hydrogens (tertiary/aromatic N) is 3. The summed E-state index contributed by atoms with van der Waals surface area (Å²) in [5, 5.41) is 14.7. The summed E-state index contributed by atoms with van der Waals surface area (Å²) in [6.45, 7) is 4.24. The lowest BCUT2D eigenvalue weighted by Gasteiger charge is -2.22. The van der Waals surface area contributed by atoms with Crippen LogP contribution in [0.1, 0.15) is 52.0 Å². The number of aromatic nitrogens is 3. The molecule has 0 aliphatic heterocycles. The van der Waals surface area contributed by atoms with Gasteiger partial charge in [0.15, 0.2) is 11.0 Å². The number of hydrogen-bond donors (Lipinski definition) is 1. The Morgan fingerprint density at radius 3 is 2.83 bits per heavy atom. The number of nitrogens with one attached hydrogen (secondary N) is 1. The molecule has 7 heteroatoms. The summed E-state index contributed by atoms with van der Waals surface area (Å²) in [5.74, 6) is 1.38. The molecule has 1 N–H and O–H groups in total. The highest BCUT2D eigenvalue weighted by Crippen LogP contribution is 2.30. The molecule has 2 aromatic heterocycles. The SMILES string of the molecule is CC(C)n1c(SCC(=O)NC2CCCCC2)nnc1-c1cccs1. The molecule has 0 atom stereocenters. The van der Waals surface area contributed by atoms with Crippen LogP contribution >= 0.6 is 23.1 Å². The van der Waals surface area contributed by atoms with E-state index < -0.39 is 0 Å². The van der Waals surface area contributed by atoms with Crippen molar-refractivity contribution in [1.82, 2.24) is 20.1 Å². The Morgan fingerprint density at radius 1 is 1.38 bits per heavy atom. The zero-order valence-electron chi connectivity index (χ0n) is 14.2. The minimum atomic E-state index is 0.0999. The van der Waals surface area contributed by atoms with E-state index in [9.17, 15) is 4.79 Å². The third-order valence-corrected chi connectivity index (χ3v) is 6.03. The lowest BCUT2D eigenvalue weighted by molar-refractivity contribution is -0.119. The van der Waals surface area contributed by atoms with Crippen molar-refractivity contribution in [2.45, 2.75) is 63.2 Å². The Balaban J connectivity index is 1.63. The van der Waals surface area contributed by atoms with E-state index in [-0.39, 0.29) is 11.9 Å². The average molecular weight is 365 g/mol. The normalized spacial score (nSPS) is 15.8. The van der Waals surface area contributed by atoms with Gasteiger partial charge in [-0.05, 0) is 38.1 Å². The smallest absolute Gasteiger partial charge is 0.230 e. The predicted octanol–water partition coefficient (Wildman–Crippen LogP) is 4.13. The Morgan fingerprint density at radius 2 is 2.17 bits per heavy atom. The first-order valence-corrected chi connectivity index (χ1v) is 10.4. The number of carbonyl (C=O) groups is 1. The van der Waals surface area contributed by atoms with Crippen molar-refractivity contribution in [2.24, 2.45) is 0 Å². The predicted molar refractivity (Wildman–Crippen MR) is 99.5 cm³/mol. The van der Waals surface area contributed by atoms with E-state index >= 15 is 0 Å². The van der Waals surface area contributed by atoms with Crippen molar-refractivity contribution >= 4 is 29.0 Å². The fourth-order valence-electron chi connectivity index (χ4n) is 3.06. The number of hydrogen-bond acceptors (Lipinski definition) is 5. The van der Waals surface area contributed by atoms with Gasteiger partial charge in [0, 0.05) is 12.1 Å². The molecule has 0 unspecified atom stereocenters. The second kappa shape index (κ2) is 8.16. The fraction of sp³-hybridized carbons (Fsp3) is 0.588.